The van der Waals surface area contributed by atoms with Crippen molar-refractivity contribution in [2.24, 2.45) is 15.9 Å². The van der Waals surface area contributed by atoms with Gasteiger partial charge in [0, 0.05) is 6.07 Å². The summed E-state index contributed by atoms with van der Waals surface area (Å²) in [5, 5.41) is 10.7. The Hall–Kier alpha value is -3.02. The second-order valence-electron chi connectivity index (χ2n) is 7.46. The highest BCUT2D eigenvalue weighted by atomic mass is 16.5. The molecule has 6 heteroatoms. The zero-order chi connectivity index (χ0) is 21.3. The normalized spacial score (nSPS) is 16.5. The quantitative estimate of drug-likeness (QED) is 0.557. The van der Waals surface area contributed by atoms with E-state index in [1.165, 1.54) is 25.6 Å². The molecule has 160 valence electrons. The van der Waals surface area contributed by atoms with Gasteiger partial charge < -0.3 is 19.5 Å². The Bertz CT molecular complexity index is 864. The number of nitrogens with zero attached hydrogens (tertiary/aromatic N) is 3. The minimum Gasteiger partial charge on any atom is -0.506 e. The summed E-state index contributed by atoms with van der Waals surface area (Å²) in [6, 6.07) is 13.1. The number of methoxy groups -OCH3 is 1. The van der Waals surface area contributed by atoms with E-state index in [1.54, 1.807) is 19.5 Å². The molecule has 1 aliphatic rings. The number of aliphatic imine (C=N–C) groups is 2. The van der Waals surface area contributed by atoms with E-state index >= 15 is 0 Å². The van der Waals surface area contributed by atoms with Crippen molar-refractivity contribution in [3.63, 3.8) is 0 Å². The van der Waals surface area contributed by atoms with Crippen LogP contribution in [0.25, 0.3) is 0 Å². The highest BCUT2D eigenvalue weighted by Gasteiger charge is 2.23. The average Bonchev–Trinajstić information content (AvgIpc) is 2.79. The van der Waals surface area contributed by atoms with Gasteiger partial charge in [-0.05, 0) is 42.2 Å². The second kappa shape index (κ2) is 10.7. The van der Waals surface area contributed by atoms with E-state index in [2.05, 4.69) is 23.8 Å². The van der Waals surface area contributed by atoms with E-state index in [9.17, 15) is 5.11 Å². The summed E-state index contributed by atoms with van der Waals surface area (Å²) in [6.45, 7) is 5.07. The zero-order valence-corrected chi connectivity index (χ0v) is 18.0. The molecule has 1 heterocycles. The van der Waals surface area contributed by atoms with Crippen LogP contribution in [0.5, 0.6) is 17.2 Å². The van der Waals surface area contributed by atoms with Gasteiger partial charge in [0.1, 0.15) is 23.6 Å². The molecule has 2 aromatic carbocycles. The second-order valence-corrected chi connectivity index (χ2v) is 7.46. The van der Waals surface area contributed by atoms with Crippen molar-refractivity contribution < 1.29 is 14.6 Å². The van der Waals surface area contributed by atoms with Gasteiger partial charge in [-0.15, -0.1) is 0 Å². The fraction of sp³-hybridized carbons (Fsp3) is 0.417. The lowest BCUT2D eigenvalue weighted by atomic mass is 10.0. The number of rotatable bonds is 10. The third-order valence-electron chi connectivity index (χ3n) is 5.40. The maximum absolute atomic E-state index is 10.7. The Kier molecular flexibility index (Phi) is 7.71. The van der Waals surface area contributed by atoms with E-state index in [0.717, 1.165) is 17.7 Å². The van der Waals surface area contributed by atoms with Crippen molar-refractivity contribution >= 4 is 18.4 Å². The molecule has 0 bridgehead atoms. The molecule has 0 aliphatic carbocycles. The van der Waals surface area contributed by atoms with Crippen molar-refractivity contribution in [2.45, 2.75) is 45.7 Å². The number of phenolic OH excluding ortho intramolecular Hbond substituents is 1. The van der Waals surface area contributed by atoms with Crippen LogP contribution in [0, 0.1) is 5.92 Å². The molecule has 2 unspecified atom stereocenters. The summed E-state index contributed by atoms with van der Waals surface area (Å²) in [5.41, 5.74) is 1.60. The van der Waals surface area contributed by atoms with Crippen LogP contribution in [-0.2, 0) is 0 Å². The molecule has 30 heavy (non-hydrogen) atoms. The molecule has 3 rings (SSSR count). The molecule has 0 amide bonds. The molecule has 2 atom stereocenters. The van der Waals surface area contributed by atoms with Crippen molar-refractivity contribution in [1.29, 1.82) is 0 Å². The molecule has 1 aliphatic heterocycles. The lowest BCUT2D eigenvalue weighted by Crippen LogP contribution is -2.28. The number of hydrogen-bond donors (Lipinski definition) is 1. The number of benzene rings is 2. The van der Waals surface area contributed by atoms with Crippen molar-refractivity contribution in [3.8, 4) is 17.2 Å². The molecule has 0 saturated carbocycles. The zero-order valence-electron chi connectivity index (χ0n) is 18.0. The smallest absolute Gasteiger partial charge is 0.154 e. The van der Waals surface area contributed by atoms with Gasteiger partial charge in [-0.3, -0.25) is 0 Å². The van der Waals surface area contributed by atoms with Crippen LogP contribution in [-0.4, -0.2) is 31.5 Å². The number of unbranched alkanes of at least 4 members (excludes halogenated alkanes) is 1. The van der Waals surface area contributed by atoms with Gasteiger partial charge in [0.05, 0.1) is 25.7 Å². The maximum Gasteiger partial charge on any atom is 0.154 e. The third-order valence-corrected chi connectivity index (χ3v) is 5.40. The predicted molar refractivity (Wildman–Crippen MR) is 122 cm³/mol. The Morgan fingerprint density at radius 1 is 1.10 bits per heavy atom. The Labute approximate surface area is 178 Å². The van der Waals surface area contributed by atoms with Gasteiger partial charge in [0.2, 0.25) is 0 Å². The minimum atomic E-state index is -0.315. The molecule has 0 aromatic heterocycles. The van der Waals surface area contributed by atoms with E-state index in [1.807, 2.05) is 41.3 Å². The first kappa shape index (κ1) is 21.7. The van der Waals surface area contributed by atoms with Crippen molar-refractivity contribution in [1.82, 2.24) is 0 Å². The number of aromatic hydroxyl groups is 1. The highest BCUT2D eigenvalue weighted by molar-refractivity contribution is 5.89. The predicted octanol–water partition coefficient (Wildman–Crippen LogP) is 5.57. The first-order valence-corrected chi connectivity index (χ1v) is 10.6. The minimum absolute atomic E-state index is 0.135. The first-order chi connectivity index (χ1) is 14.7. The lowest BCUT2D eigenvalue weighted by Gasteiger charge is -2.29. The summed E-state index contributed by atoms with van der Waals surface area (Å²) in [5.74, 6) is 2.13. The van der Waals surface area contributed by atoms with E-state index < -0.39 is 0 Å². The summed E-state index contributed by atoms with van der Waals surface area (Å²) in [7, 11) is 1.64. The van der Waals surface area contributed by atoms with Crippen LogP contribution in [0.4, 0.5) is 5.69 Å². The van der Waals surface area contributed by atoms with Gasteiger partial charge in [-0.1, -0.05) is 45.2 Å². The van der Waals surface area contributed by atoms with E-state index in [0.29, 0.717) is 24.0 Å². The molecular formula is C24H31N3O3. The van der Waals surface area contributed by atoms with Crippen LogP contribution in [0.15, 0.2) is 52.4 Å². The summed E-state index contributed by atoms with van der Waals surface area (Å²) < 4.78 is 11.2. The molecule has 6 nitrogen and oxygen atoms in total. The topological polar surface area (TPSA) is 66.7 Å². The van der Waals surface area contributed by atoms with Crippen LogP contribution in [0.2, 0.25) is 0 Å². The standard InChI is InChI=1S/C24H31N3O3/c1-4-6-7-18(5-2)15-30-21-12-13-22(23(28)14-21)27-17-25-16-26-24(27)19-8-10-20(29-3)11-9-19/h8-14,16-18,24,28H,4-7,15H2,1-3H3. The number of ether oxygens (including phenoxy) is 2. The number of anilines is 1. The molecule has 0 radical (unpaired) electrons. The van der Waals surface area contributed by atoms with Crippen molar-refractivity contribution in [2.75, 3.05) is 18.6 Å². The molecule has 0 spiro atoms. The van der Waals surface area contributed by atoms with Gasteiger partial charge >= 0.3 is 0 Å². The largest absolute Gasteiger partial charge is 0.506 e. The van der Waals surface area contributed by atoms with Crippen LogP contribution < -0.4 is 14.4 Å². The van der Waals surface area contributed by atoms with Gasteiger partial charge in [-0.2, -0.15) is 0 Å². The first-order valence-electron chi connectivity index (χ1n) is 10.6. The molecule has 2 aromatic rings. The van der Waals surface area contributed by atoms with E-state index in [-0.39, 0.29) is 11.9 Å². The molecule has 0 fully saturated rings. The fourth-order valence-electron chi connectivity index (χ4n) is 3.48. The number of phenols is 1. The van der Waals surface area contributed by atoms with E-state index in [4.69, 9.17) is 9.47 Å². The fourth-order valence-corrected chi connectivity index (χ4v) is 3.48. The van der Waals surface area contributed by atoms with Crippen LogP contribution in [0.3, 0.4) is 0 Å². The summed E-state index contributed by atoms with van der Waals surface area (Å²) >= 11 is 0. The number of hydrogen-bond acceptors (Lipinski definition) is 6. The highest BCUT2D eigenvalue weighted by Crippen LogP contribution is 2.37. The SMILES string of the molecule is CCCCC(CC)COc1ccc(N2C=NC=NC2c2ccc(OC)cc2)c(O)c1. The van der Waals surface area contributed by atoms with Gasteiger partial charge in [-0.25, -0.2) is 9.98 Å². The summed E-state index contributed by atoms with van der Waals surface area (Å²) in [6.07, 6.45) is 7.56. The lowest BCUT2D eigenvalue weighted by molar-refractivity contribution is 0.232. The maximum atomic E-state index is 10.7. The van der Waals surface area contributed by atoms with Crippen LogP contribution >= 0.6 is 0 Å². The Morgan fingerprint density at radius 2 is 1.87 bits per heavy atom. The molecular weight excluding hydrogens is 378 g/mol. The van der Waals surface area contributed by atoms with Crippen molar-refractivity contribution in [3.05, 3.63) is 48.0 Å². The molecule has 1 N–H and O–H groups in total. The third kappa shape index (κ3) is 5.32. The van der Waals surface area contributed by atoms with Gasteiger partial charge in [0.25, 0.3) is 0 Å². The molecule has 0 saturated heterocycles. The average molecular weight is 410 g/mol. The van der Waals surface area contributed by atoms with Gasteiger partial charge in [0.15, 0.2) is 6.17 Å². The Balaban J connectivity index is 1.73. The Morgan fingerprint density at radius 3 is 2.53 bits per heavy atom. The monoisotopic (exact) mass is 409 g/mol. The van der Waals surface area contributed by atoms with Crippen LogP contribution in [0.1, 0.15) is 51.3 Å². The summed E-state index contributed by atoms with van der Waals surface area (Å²) in [4.78, 5) is 10.5.